The van der Waals surface area contributed by atoms with E-state index in [4.69, 9.17) is 0 Å². The minimum atomic E-state index is 0.503. The molecular weight excluding hydrogens is 246 g/mol. The van der Waals surface area contributed by atoms with Crippen molar-refractivity contribution in [3.05, 3.63) is 41.2 Å². The number of benzene rings is 1. The molecule has 1 aliphatic heterocycles. The van der Waals surface area contributed by atoms with E-state index in [-0.39, 0.29) is 0 Å². The quantitative estimate of drug-likeness (QED) is 0.905. The van der Waals surface area contributed by atoms with Crippen molar-refractivity contribution in [1.29, 1.82) is 0 Å². The van der Waals surface area contributed by atoms with Gasteiger partial charge >= 0.3 is 0 Å². The number of aromatic nitrogens is 2. The summed E-state index contributed by atoms with van der Waals surface area (Å²) in [5.74, 6) is 0. The summed E-state index contributed by atoms with van der Waals surface area (Å²) in [7, 11) is 0. The lowest BCUT2D eigenvalue weighted by molar-refractivity contribution is 0.342. The minimum absolute atomic E-state index is 0.503. The summed E-state index contributed by atoms with van der Waals surface area (Å²) in [4.78, 5) is 0. The molecular formula is C17H23N3. The van der Waals surface area contributed by atoms with E-state index in [1.165, 1.54) is 40.8 Å². The van der Waals surface area contributed by atoms with E-state index in [1.807, 2.05) is 6.20 Å². The van der Waals surface area contributed by atoms with Crippen molar-refractivity contribution in [1.82, 2.24) is 15.1 Å². The summed E-state index contributed by atoms with van der Waals surface area (Å²) < 4.78 is 2.21. The molecule has 1 atom stereocenters. The Morgan fingerprint density at radius 1 is 1.20 bits per heavy atom. The van der Waals surface area contributed by atoms with Crippen LogP contribution in [0.2, 0.25) is 0 Å². The van der Waals surface area contributed by atoms with E-state index in [9.17, 15) is 0 Å². The van der Waals surface area contributed by atoms with Gasteiger partial charge in [-0.1, -0.05) is 23.8 Å². The second kappa shape index (κ2) is 5.41. The smallest absolute Gasteiger partial charge is 0.0647 e. The lowest BCUT2D eigenvalue weighted by Crippen LogP contribution is -2.32. The molecule has 0 spiro atoms. The molecule has 1 N–H and O–H groups in total. The highest BCUT2D eigenvalue weighted by Gasteiger charge is 2.19. The Labute approximate surface area is 121 Å². The monoisotopic (exact) mass is 269 g/mol. The molecule has 106 valence electrons. The number of aryl methyl sites for hydroxylation is 2. The van der Waals surface area contributed by atoms with Crippen LogP contribution >= 0.6 is 0 Å². The summed E-state index contributed by atoms with van der Waals surface area (Å²) in [6, 6.07) is 7.15. The fourth-order valence-electron chi connectivity index (χ4n) is 3.21. The van der Waals surface area contributed by atoms with E-state index in [0.717, 1.165) is 13.1 Å². The second-order valence-corrected chi connectivity index (χ2v) is 5.91. The molecule has 0 aliphatic carbocycles. The molecule has 1 aromatic carbocycles. The largest absolute Gasteiger partial charge is 0.315 e. The van der Waals surface area contributed by atoms with Gasteiger partial charge in [0.2, 0.25) is 0 Å². The minimum Gasteiger partial charge on any atom is -0.315 e. The van der Waals surface area contributed by atoms with Crippen LogP contribution in [0.5, 0.6) is 0 Å². The van der Waals surface area contributed by atoms with E-state index in [1.54, 1.807) is 0 Å². The summed E-state index contributed by atoms with van der Waals surface area (Å²) in [5, 5.41) is 8.12. The second-order valence-electron chi connectivity index (χ2n) is 5.91. The average Bonchev–Trinajstić information content (AvgIpc) is 2.82. The normalized spacial score (nSPS) is 19.2. The Bertz CT molecular complexity index is 607. The van der Waals surface area contributed by atoms with Crippen LogP contribution in [0.25, 0.3) is 11.1 Å². The maximum absolute atomic E-state index is 4.66. The van der Waals surface area contributed by atoms with Gasteiger partial charge in [-0.3, -0.25) is 4.68 Å². The van der Waals surface area contributed by atoms with Gasteiger partial charge in [-0.05, 0) is 51.3 Å². The number of hydrogen-bond donors (Lipinski definition) is 1. The lowest BCUT2D eigenvalue weighted by Gasteiger charge is -2.24. The zero-order valence-electron chi connectivity index (χ0n) is 12.6. The van der Waals surface area contributed by atoms with Gasteiger partial charge < -0.3 is 5.32 Å². The standard InChI is InChI=1S/C17H23N3/c1-12-6-7-16(13(2)9-12)17-11-19-20(14(17)3)15-5-4-8-18-10-15/h6-7,9,11,15,18H,4-5,8,10H2,1-3H3. The van der Waals surface area contributed by atoms with Gasteiger partial charge in [0, 0.05) is 17.8 Å². The fraction of sp³-hybridized carbons (Fsp3) is 0.471. The van der Waals surface area contributed by atoms with Crippen LogP contribution in [0, 0.1) is 20.8 Å². The molecule has 1 fully saturated rings. The highest BCUT2D eigenvalue weighted by atomic mass is 15.3. The molecule has 3 rings (SSSR count). The van der Waals surface area contributed by atoms with Gasteiger partial charge in [-0.2, -0.15) is 5.10 Å². The summed E-state index contributed by atoms with van der Waals surface area (Å²) in [5.41, 5.74) is 6.50. The molecule has 2 aromatic rings. The topological polar surface area (TPSA) is 29.9 Å². The first-order valence-electron chi connectivity index (χ1n) is 7.49. The predicted molar refractivity (Wildman–Crippen MR) is 83.0 cm³/mol. The lowest BCUT2D eigenvalue weighted by atomic mass is 9.99. The number of nitrogens with zero attached hydrogens (tertiary/aromatic N) is 2. The van der Waals surface area contributed by atoms with Crippen molar-refractivity contribution in [2.45, 2.75) is 39.7 Å². The van der Waals surface area contributed by atoms with Crippen molar-refractivity contribution >= 4 is 0 Å². The van der Waals surface area contributed by atoms with Crippen LogP contribution in [-0.2, 0) is 0 Å². The van der Waals surface area contributed by atoms with Gasteiger partial charge in [0.1, 0.15) is 0 Å². The van der Waals surface area contributed by atoms with Crippen molar-refractivity contribution in [2.75, 3.05) is 13.1 Å². The van der Waals surface area contributed by atoms with E-state index in [0.29, 0.717) is 6.04 Å². The molecule has 0 radical (unpaired) electrons. The summed E-state index contributed by atoms with van der Waals surface area (Å²) in [6.45, 7) is 8.69. The van der Waals surface area contributed by atoms with Crippen LogP contribution < -0.4 is 5.32 Å². The molecule has 0 amide bonds. The Balaban J connectivity index is 1.97. The Hall–Kier alpha value is -1.61. The van der Waals surface area contributed by atoms with Crippen LogP contribution in [0.15, 0.2) is 24.4 Å². The van der Waals surface area contributed by atoms with Gasteiger partial charge in [0.25, 0.3) is 0 Å². The van der Waals surface area contributed by atoms with Gasteiger partial charge in [0.05, 0.1) is 12.2 Å². The number of nitrogens with one attached hydrogen (secondary N) is 1. The number of rotatable bonds is 2. The predicted octanol–water partition coefficient (Wildman–Crippen LogP) is 3.40. The molecule has 3 nitrogen and oxygen atoms in total. The molecule has 1 saturated heterocycles. The maximum atomic E-state index is 4.66. The third-order valence-corrected chi connectivity index (χ3v) is 4.33. The molecule has 1 aliphatic rings. The zero-order valence-corrected chi connectivity index (χ0v) is 12.6. The average molecular weight is 269 g/mol. The molecule has 0 saturated carbocycles. The van der Waals surface area contributed by atoms with E-state index < -0.39 is 0 Å². The fourth-order valence-corrected chi connectivity index (χ4v) is 3.21. The molecule has 0 bridgehead atoms. The Morgan fingerprint density at radius 2 is 2.05 bits per heavy atom. The third-order valence-electron chi connectivity index (χ3n) is 4.33. The first-order valence-corrected chi connectivity index (χ1v) is 7.49. The first kappa shape index (κ1) is 13.4. The number of piperidine rings is 1. The summed E-state index contributed by atoms with van der Waals surface area (Å²) in [6.07, 6.45) is 4.49. The number of hydrogen-bond acceptors (Lipinski definition) is 2. The third kappa shape index (κ3) is 2.38. The van der Waals surface area contributed by atoms with Crippen molar-refractivity contribution in [2.24, 2.45) is 0 Å². The van der Waals surface area contributed by atoms with Crippen LogP contribution in [0.1, 0.15) is 35.7 Å². The summed E-state index contributed by atoms with van der Waals surface area (Å²) >= 11 is 0. The van der Waals surface area contributed by atoms with Crippen LogP contribution in [0.3, 0.4) is 0 Å². The Morgan fingerprint density at radius 3 is 2.75 bits per heavy atom. The SMILES string of the molecule is Cc1ccc(-c2cnn(C3CCCNC3)c2C)c(C)c1. The van der Waals surface area contributed by atoms with Crippen molar-refractivity contribution in [3.8, 4) is 11.1 Å². The van der Waals surface area contributed by atoms with Crippen LogP contribution in [-0.4, -0.2) is 22.9 Å². The van der Waals surface area contributed by atoms with E-state index in [2.05, 4.69) is 54.1 Å². The zero-order chi connectivity index (χ0) is 14.1. The first-order chi connectivity index (χ1) is 9.66. The van der Waals surface area contributed by atoms with Crippen molar-refractivity contribution in [3.63, 3.8) is 0 Å². The van der Waals surface area contributed by atoms with Crippen LogP contribution in [0.4, 0.5) is 0 Å². The molecule has 1 unspecified atom stereocenters. The highest BCUT2D eigenvalue weighted by molar-refractivity contribution is 5.69. The van der Waals surface area contributed by atoms with Crippen molar-refractivity contribution < 1.29 is 0 Å². The molecule has 3 heteroatoms. The highest BCUT2D eigenvalue weighted by Crippen LogP contribution is 2.29. The van der Waals surface area contributed by atoms with Gasteiger partial charge in [-0.15, -0.1) is 0 Å². The molecule has 2 heterocycles. The van der Waals surface area contributed by atoms with Gasteiger partial charge in [-0.25, -0.2) is 0 Å². The maximum Gasteiger partial charge on any atom is 0.0647 e. The van der Waals surface area contributed by atoms with E-state index >= 15 is 0 Å². The molecule has 1 aromatic heterocycles. The van der Waals surface area contributed by atoms with Gasteiger partial charge in [0.15, 0.2) is 0 Å². The molecule has 20 heavy (non-hydrogen) atoms. The Kier molecular flexibility index (Phi) is 3.62.